The molecule has 1 amide bonds. The van der Waals surface area contributed by atoms with E-state index in [9.17, 15) is 19.7 Å². The van der Waals surface area contributed by atoms with Crippen molar-refractivity contribution in [2.24, 2.45) is 0 Å². The normalized spacial score (nSPS) is 16.3. The summed E-state index contributed by atoms with van der Waals surface area (Å²) in [4.78, 5) is 40.3. The Balaban J connectivity index is 1.62. The molecule has 2 aromatic rings. The molecule has 0 aromatic heterocycles. The van der Waals surface area contributed by atoms with E-state index < -0.39 is 11.0 Å². The molecule has 1 aliphatic heterocycles. The van der Waals surface area contributed by atoms with E-state index in [2.05, 4.69) is 0 Å². The predicted octanol–water partition coefficient (Wildman–Crippen LogP) is 3.79. The van der Waals surface area contributed by atoms with Gasteiger partial charge in [0, 0.05) is 48.2 Å². The van der Waals surface area contributed by atoms with Gasteiger partial charge in [-0.3, -0.25) is 19.8 Å². The first kappa shape index (κ1) is 24.0. The predicted molar refractivity (Wildman–Crippen MR) is 123 cm³/mol. The van der Waals surface area contributed by atoms with Crippen LogP contribution in [0.5, 0.6) is 0 Å². The number of rotatable bonds is 7. The molecule has 1 fully saturated rings. The summed E-state index contributed by atoms with van der Waals surface area (Å²) >= 11 is 7.69. The molecule has 0 unspecified atom stereocenters. The molecule has 1 aliphatic rings. The van der Waals surface area contributed by atoms with Crippen LogP contribution < -0.4 is 0 Å². The highest BCUT2D eigenvalue weighted by Gasteiger charge is 2.34. The molecule has 0 bridgehead atoms. The van der Waals surface area contributed by atoms with Crippen molar-refractivity contribution in [2.75, 3.05) is 33.3 Å². The number of carbonyl (C=O) groups excluding carboxylic acids is 2. The highest BCUT2D eigenvalue weighted by atomic mass is 35.5. The minimum atomic E-state index is -0.627. The van der Waals surface area contributed by atoms with Gasteiger partial charge in [0.15, 0.2) is 0 Å². The first-order valence-corrected chi connectivity index (χ1v) is 11.3. The van der Waals surface area contributed by atoms with Crippen molar-refractivity contribution in [3.8, 4) is 0 Å². The van der Waals surface area contributed by atoms with Crippen LogP contribution in [0.1, 0.15) is 18.5 Å². The highest BCUT2D eigenvalue weighted by molar-refractivity contribution is 8.00. The zero-order valence-electron chi connectivity index (χ0n) is 17.8. The maximum atomic E-state index is 12.9. The molecule has 0 aliphatic carbocycles. The number of halogens is 1. The van der Waals surface area contributed by atoms with E-state index in [1.165, 1.54) is 31.0 Å². The van der Waals surface area contributed by atoms with Crippen molar-refractivity contribution in [1.29, 1.82) is 0 Å². The summed E-state index contributed by atoms with van der Waals surface area (Å²) in [6.45, 7) is 3.78. The molecule has 32 heavy (non-hydrogen) atoms. The summed E-state index contributed by atoms with van der Waals surface area (Å²) in [5.41, 5.74) is 0.700. The zero-order valence-corrected chi connectivity index (χ0v) is 19.3. The Morgan fingerprint density at radius 3 is 2.28 bits per heavy atom. The second kappa shape index (κ2) is 10.8. The molecule has 10 heteroatoms. The number of methoxy groups -OCH3 is 1. The summed E-state index contributed by atoms with van der Waals surface area (Å²) in [6.07, 6.45) is 0. The summed E-state index contributed by atoms with van der Waals surface area (Å²) in [7, 11) is 1.35. The minimum absolute atomic E-state index is 0.0136. The van der Waals surface area contributed by atoms with E-state index in [0.717, 1.165) is 4.90 Å². The molecule has 0 spiro atoms. The Hall–Kier alpha value is -2.62. The molecule has 1 saturated heterocycles. The smallest absolute Gasteiger partial charge is 0.327 e. The van der Waals surface area contributed by atoms with Gasteiger partial charge in [0.25, 0.3) is 5.69 Å². The number of nitrogens with zero attached hydrogens (tertiary/aromatic N) is 3. The number of thioether (sulfide) groups is 1. The average Bonchev–Trinajstić information content (AvgIpc) is 2.80. The van der Waals surface area contributed by atoms with Crippen LogP contribution in [0.3, 0.4) is 0 Å². The molecule has 0 saturated carbocycles. The molecule has 1 heterocycles. The van der Waals surface area contributed by atoms with Crippen molar-refractivity contribution in [3.63, 3.8) is 0 Å². The Morgan fingerprint density at radius 2 is 1.72 bits per heavy atom. The lowest BCUT2D eigenvalue weighted by atomic mass is 10.0. The molecule has 2 atom stereocenters. The lowest BCUT2D eigenvalue weighted by molar-refractivity contribution is -0.384. The number of carbonyl (C=O) groups is 2. The van der Waals surface area contributed by atoms with E-state index in [1.54, 1.807) is 29.2 Å². The number of nitro groups is 1. The van der Waals surface area contributed by atoms with E-state index >= 15 is 0 Å². The molecule has 8 nitrogen and oxygen atoms in total. The third-order valence-corrected chi connectivity index (χ3v) is 6.77. The minimum Gasteiger partial charge on any atom is -0.468 e. The van der Waals surface area contributed by atoms with Crippen LogP contribution in [-0.2, 0) is 14.3 Å². The zero-order chi connectivity index (χ0) is 23.3. The van der Waals surface area contributed by atoms with Crippen LogP contribution in [0.2, 0.25) is 5.02 Å². The Labute approximate surface area is 195 Å². The van der Waals surface area contributed by atoms with Crippen molar-refractivity contribution in [1.82, 2.24) is 9.80 Å². The Kier molecular flexibility index (Phi) is 8.11. The fraction of sp³-hybridized carbons (Fsp3) is 0.364. The van der Waals surface area contributed by atoms with Gasteiger partial charge >= 0.3 is 5.97 Å². The Bertz CT molecular complexity index is 980. The van der Waals surface area contributed by atoms with Gasteiger partial charge in [-0.15, -0.1) is 11.8 Å². The van der Waals surface area contributed by atoms with Crippen LogP contribution in [0.15, 0.2) is 53.4 Å². The molecule has 170 valence electrons. The first-order chi connectivity index (χ1) is 15.3. The number of esters is 1. The van der Waals surface area contributed by atoms with Gasteiger partial charge in [-0.1, -0.05) is 29.8 Å². The van der Waals surface area contributed by atoms with Gasteiger partial charge in [0.05, 0.1) is 17.3 Å². The second-order valence-corrected chi connectivity index (χ2v) is 9.14. The maximum absolute atomic E-state index is 12.9. The van der Waals surface area contributed by atoms with Crippen LogP contribution >= 0.6 is 23.4 Å². The summed E-state index contributed by atoms with van der Waals surface area (Å²) in [6, 6.07) is 12.7. The third kappa shape index (κ3) is 5.59. The fourth-order valence-electron chi connectivity index (χ4n) is 3.64. The van der Waals surface area contributed by atoms with Crippen molar-refractivity contribution < 1.29 is 19.2 Å². The average molecular weight is 478 g/mol. The SMILES string of the molecule is COC(=O)[C@@H](c1ccccc1Cl)N1CCN(C(=O)[C@@H](C)Sc2ccc([N+](=O)[O-])cc2)CC1. The number of hydrogen-bond donors (Lipinski definition) is 0. The molecular formula is C22H24ClN3O5S. The van der Waals surface area contributed by atoms with E-state index in [0.29, 0.717) is 36.8 Å². The number of nitro benzene ring substituents is 1. The summed E-state index contributed by atoms with van der Waals surface area (Å²) in [5.74, 6) is -0.402. The third-order valence-electron chi connectivity index (χ3n) is 5.32. The van der Waals surface area contributed by atoms with Gasteiger partial charge in [-0.05, 0) is 30.7 Å². The molecule has 0 radical (unpaired) electrons. The molecule has 0 N–H and O–H groups in total. The molecular weight excluding hydrogens is 454 g/mol. The van der Waals surface area contributed by atoms with Crippen molar-refractivity contribution in [2.45, 2.75) is 23.1 Å². The van der Waals surface area contributed by atoms with E-state index in [4.69, 9.17) is 16.3 Å². The van der Waals surface area contributed by atoms with E-state index in [1.807, 2.05) is 24.0 Å². The van der Waals surface area contributed by atoms with Gasteiger partial charge in [0.1, 0.15) is 6.04 Å². The maximum Gasteiger partial charge on any atom is 0.327 e. The van der Waals surface area contributed by atoms with Gasteiger partial charge in [-0.2, -0.15) is 0 Å². The van der Waals surface area contributed by atoms with Gasteiger partial charge in [0.2, 0.25) is 5.91 Å². The monoisotopic (exact) mass is 477 g/mol. The quantitative estimate of drug-likeness (QED) is 0.259. The summed E-state index contributed by atoms with van der Waals surface area (Å²) in [5, 5.41) is 10.9. The topological polar surface area (TPSA) is 93.0 Å². The van der Waals surface area contributed by atoms with E-state index in [-0.39, 0.29) is 22.8 Å². The first-order valence-electron chi connectivity index (χ1n) is 10.1. The van der Waals surface area contributed by atoms with Crippen LogP contribution in [0, 0.1) is 10.1 Å². The van der Waals surface area contributed by atoms with Crippen molar-refractivity contribution in [3.05, 3.63) is 69.2 Å². The standard InChI is InChI=1S/C22H24ClN3O5S/c1-15(32-17-9-7-16(8-10-17)26(29)30)21(27)25-13-11-24(12-14-25)20(22(28)31-2)18-5-3-4-6-19(18)23/h3-10,15,20H,11-14H2,1-2H3/t15-,20-/m1/s1. The summed E-state index contributed by atoms with van der Waals surface area (Å²) < 4.78 is 5.01. The van der Waals surface area contributed by atoms with Crippen molar-refractivity contribution >= 4 is 40.9 Å². The number of piperazine rings is 1. The number of ether oxygens (including phenoxy) is 1. The highest BCUT2D eigenvalue weighted by Crippen LogP contribution is 2.30. The van der Waals surface area contributed by atoms with Crippen LogP contribution in [0.25, 0.3) is 0 Å². The number of hydrogen-bond acceptors (Lipinski definition) is 7. The molecule has 3 rings (SSSR count). The van der Waals surface area contributed by atoms with Crippen LogP contribution in [-0.4, -0.2) is 65.1 Å². The Morgan fingerprint density at radius 1 is 1.09 bits per heavy atom. The largest absolute Gasteiger partial charge is 0.468 e. The fourth-order valence-corrected chi connectivity index (χ4v) is 4.83. The number of benzene rings is 2. The number of non-ortho nitro benzene ring substituents is 1. The van der Waals surface area contributed by atoms with Crippen LogP contribution in [0.4, 0.5) is 5.69 Å². The molecule has 2 aromatic carbocycles. The lowest BCUT2D eigenvalue weighted by Gasteiger charge is -2.39. The number of amides is 1. The second-order valence-electron chi connectivity index (χ2n) is 7.32. The lowest BCUT2D eigenvalue weighted by Crippen LogP contribution is -2.52. The van der Waals surface area contributed by atoms with Gasteiger partial charge < -0.3 is 9.64 Å². The van der Waals surface area contributed by atoms with Gasteiger partial charge in [-0.25, -0.2) is 4.79 Å².